The van der Waals surface area contributed by atoms with Crippen LogP contribution in [0, 0.1) is 23.7 Å². The first-order chi connectivity index (χ1) is 9.66. The van der Waals surface area contributed by atoms with Gasteiger partial charge in [-0.2, -0.15) is 5.26 Å². The molecule has 0 heterocycles. The number of carbonyl (C=O) groups is 1. The second-order valence-corrected chi connectivity index (χ2v) is 6.49. The molecule has 1 aromatic rings. The van der Waals surface area contributed by atoms with E-state index >= 15 is 0 Å². The highest BCUT2D eigenvalue weighted by Crippen LogP contribution is 2.37. The lowest BCUT2D eigenvalue weighted by molar-refractivity contribution is -0.127. The second kappa shape index (κ2) is 6.81. The van der Waals surface area contributed by atoms with Crippen LogP contribution in [0.5, 0.6) is 0 Å². The molecule has 1 amide bonds. The largest absolute Gasteiger partial charge is 0.354 e. The predicted molar refractivity (Wildman–Crippen MR) is 81.4 cm³/mol. The third kappa shape index (κ3) is 3.55. The predicted octanol–water partition coefficient (Wildman–Crippen LogP) is 3.29. The minimum absolute atomic E-state index is 0.0815. The quantitative estimate of drug-likeness (QED) is 0.668. The molecule has 0 spiro atoms. The molecule has 1 saturated carbocycles. The number of nitrogens with one attached hydrogen (secondary N) is 1. The molecule has 106 valence electrons. The van der Waals surface area contributed by atoms with Gasteiger partial charge in [0.2, 0.25) is 5.91 Å². The number of benzene rings is 1. The smallest absolute Gasteiger partial charge is 0.240 e. The Morgan fingerprint density at radius 2 is 2.00 bits per heavy atom. The maximum atomic E-state index is 12.1. The van der Waals surface area contributed by atoms with E-state index in [-0.39, 0.29) is 5.91 Å². The molecule has 1 aliphatic carbocycles. The number of thioether (sulfide) groups is 1. The van der Waals surface area contributed by atoms with E-state index in [1.807, 2.05) is 0 Å². The molecule has 4 heteroatoms. The molecule has 0 radical (unpaired) electrons. The molecule has 1 fully saturated rings. The van der Waals surface area contributed by atoms with Crippen molar-refractivity contribution in [3.8, 4) is 6.07 Å². The van der Waals surface area contributed by atoms with Crippen molar-refractivity contribution in [3.63, 3.8) is 0 Å². The fourth-order valence-electron chi connectivity index (χ4n) is 2.51. The fourth-order valence-corrected chi connectivity index (χ4v) is 3.27. The maximum absolute atomic E-state index is 12.1. The summed E-state index contributed by atoms with van der Waals surface area (Å²) in [6, 6.07) is 10.6. The average Bonchev–Trinajstić information content (AvgIpc) is 2.95. The van der Waals surface area contributed by atoms with Gasteiger partial charge in [0.1, 0.15) is 5.41 Å². The van der Waals surface area contributed by atoms with Gasteiger partial charge in [0.05, 0.1) is 6.07 Å². The van der Waals surface area contributed by atoms with Crippen molar-refractivity contribution in [2.45, 2.75) is 37.5 Å². The highest BCUT2D eigenvalue weighted by molar-refractivity contribution is 7.99. The van der Waals surface area contributed by atoms with Crippen molar-refractivity contribution in [1.82, 2.24) is 5.32 Å². The Hall–Kier alpha value is -1.47. The summed E-state index contributed by atoms with van der Waals surface area (Å²) in [7, 11) is 0. The van der Waals surface area contributed by atoms with Gasteiger partial charge in [-0.3, -0.25) is 4.79 Å². The Balaban J connectivity index is 1.74. The summed E-state index contributed by atoms with van der Waals surface area (Å²) in [6.45, 7) is 2.68. The normalized spacial score (nSPS) is 16.6. The summed E-state index contributed by atoms with van der Waals surface area (Å²) in [6.07, 6.45) is 3.39. The first-order valence-corrected chi connectivity index (χ1v) is 8.04. The molecule has 0 atom stereocenters. The zero-order valence-electron chi connectivity index (χ0n) is 11.8. The highest BCUT2D eigenvalue weighted by atomic mass is 32.2. The van der Waals surface area contributed by atoms with E-state index in [0.29, 0.717) is 19.4 Å². The van der Waals surface area contributed by atoms with Crippen LogP contribution >= 0.6 is 11.8 Å². The Labute approximate surface area is 124 Å². The van der Waals surface area contributed by atoms with E-state index in [1.165, 1.54) is 10.5 Å². The third-order valence-electron chi connectivity index (χ3n) is 3.78. The van der Waals surface area contributed by atoms with Crippen LogP contribution in [0.25, 0.3) is 0 Å². The lowest BCUT2D eigenvalue weighted by atomic mass is 9.87. The van der Waals surface area contributed by atoms with Gasteiger partial charge in [-0.05, 0) is 31.9 Å². The summed E-state index contributed by atoms with van der Waals surface area (Å²) in [5.74, 6) is 0.748. The minimum atomic E-state index is -0.755. The number of hydrogen-bond acceptors (Lipinski definition) is 3. The summed E-state index contributed by atoms with van der Waals surface area (Å²) >= 11 is 1.72. The van der Waals surface area contributed by atoms with E-state index in [0.717, 1.165) is 18.6 Å². The lowest BCUT2D eigenvalue weighted by Crippen LogP contribution is -2.39. The second-order valence-electron chi connectivity index (χ2n) is 5.32. The monoisotopic (exact) mass is 288 g/mol. The molecule has 1 aromatic carbocycles. The number of rotatable bonds is 5. The lowest BCUT2D eigenvalue weighted by Gasteiger charge is -2.19. The van der Waals surface area contributed by atoms with Crippen molar-refractivity contribution in [2.24, 2.45) is 5.41 Å². The topological polar surface area (TPSA) is 52.9 Å². The van der Waals surface area contributed by atoms with Gasteiger partial charge in [-0.25, -0.2) is 0 Å². The van der Waals surface area contributed by atoms with Crippen molar-refractivity contribution >= 4 is 17.7 Å². The molecular formula is C16H20N2OS. The average molecular weight is 288 g/mol. The number of aryl methyl sites for hydroxylation is 1. The standard InChI is InChI=1S/C16H20N2OS/c1-13-4-6-14(7-5-13)20-11-10-18-15(19)16(12-17)8-2-3-9-16/h4-7H,2-3,8-11H2,1H3,(H,18,19). The van der Waals surface area contributed by atoms with E-state index in [9.17, 15) is 10.1 Å². The van der Waals surface area contributed by atoms with E-state index < -0.39 is 5.41 Å². The first-order valence-electron chi connectivity index (χ1n) is 7.05. The van der Waals surface area contributed by atoms with Crippen LogP contribution < -0.4 is 5.32 Å². The van der Waals surface area contributed by atoms with Gasteiger partial charge in [0.25, 0.3) is 0 Å². The van der Waals surface area contributed by atoms with Crippen LogP contribution in [0.3, 0.4) is 0 Å². The van der Waals surface area contributed by atoms with Crippen LogP contribution in [-0.4, -0.2) is 18.2 Å². The summed E-state index contributed by atoms with van der Waals surface area (Å²) in [4.78, 5) is 13.3. The molecule has 1 aliphatic rings. The number of carbonyl (C=O) groups excluding carboxylic acids is 1. The Morgan fingerprint density at radius 1 is 1.35 bits per heavy atom. The Morgan fingerprint density at radius 3 is 2.60 bits per heavy atom. The highest BCUT2D eigenvalue weighted by Gasteiger charge is 2.41. The molecule has 1 N–H and O–H groups in total. The number of nitrogens with zero attached hydrogens (tertiary/aromatic N) is 1. The zero-order valence-corrected chi connectivity index (χ0v) is 12.6. The van der Waals surface area contributed by atoms with Gasteiger partial charge < -0.3 is 5.32 Å². The summed E-state index contributed by atoms with van der Waals surface area (Å²) in [5.41, 5.74) is 0.494. The molecule has 20 heavy (non-hydrogen) atoms. The molecule has 0 saturated heterocycles. The molecule has 2 rings (SSSR count). The third-order valence-corrected chi connectivity index (χ3v) is 4.80. The number of nitriles is 1. The minimum Gasteiger partial charge on any atom is -0.354 e. The van der Waals surface area contributed by atoms with Gasteiger partial charge in [0.15, 0.2) is 0 Å². The van der Waals surface area contributed by atoms with Gasteiger partial charge in [-0.15, -0.1) is 11.8 Å². The van der Waals surface area contributed by atoms with Gasteiger partial charge in [-0.1, -0.05) is 30.5 Å². The molecule has 3 nitrogen and oxygen atoms in total. The van der Waals surface area contributed by atoms with Crippen LogP contribution in [0.15, 0.2) is 29.2 Å². The van der Waals surface area contributed by atoms with Crippen LogP contribution in [0.4, 0.5) is 0 Å². The first kappa shape index (κ1) is 14.9. The van der Waals surface area contributed by atoms with Crippen molar-refractivity contribution in [1.29, 1.82) is 5.26 Å². The Bertz CT molecular complexity index is 498. The van der Waals surface area contributed by atoms with Crippen LogP contribution in [0.1, 0.15) is 31.2 Å². The Kier molecular flexibility index (Phi) is 5.08. The van der Waals surface area contributed by atoms with Crippen molar-refractivity contribution in [3.05, 3.63) is 29.8 Å². The molecular weight excluding hydrogens is 268 g/mol. The number of amides is 1. The molecule has 0 bridgehead atoms. The van der Waals surface area contributed by atoms with Gasteiger partial charge >= 0.3 is 0 Å². The van der Waals surface area contributed by atoms with Crippen molar-refractivity contribution < 1.29 is 4.79 Å². The van der Waals surface area contributed by atoms with E-state index in [2.05, 4.69) is 42.6 Å². The maximum Gasteiger partial charge on any atom is 0.240 e. The van der Waals surface area contributed by atoms with E-state index in [1.54, 1.807) is 11.8 Å². The van der Waals surface area contributed by atoms with Crippen LogP contribution in [0.2, 0.25) is 0 Å². The summed E-state index contributed by atoms with van der Waals surface area (Å²) < 4.78 is 0. The zero-order chi connectivity index (χ0) is 14.4. The van der Waals surface area contributed by atoms with Gasteiger partial charge in [0, 0.05) is 17.2 Å². The van der Waals surface area contributed by atoms with E-state index in [4.69, 9.17) is 0 Å². The van der Waals surface area contributed by atoms with Crippen molar-refractivity contribution in [2.75, 3.05) is 12.3 Å². The molecule has 0 aromatic heterocycles. The number of hydrogen-bond donors (Lipinski definition) is 1. The SMILES string of the molecule is Cc1ccc(SCCNC(=O)C2(C#N)CCCC2)cc1. The fraction of sp³-hybridized carbons (Fsp3) is 0.500. The molecule has 0 aliphatic heterocycles. The van der Waals surface area contributed by atoms with Crippen LogP contribution in [-0.2, 0) is 4.79 Å². The molecule has 0 unspecified atom stereocenters. The summed E-state index contributed by atoms with van der Waals surface area (Å²) in [5, 5.41) is 12.1.